The predicted molar refractivity (Wildman–Crippen MR) is 71.6 cm³/mol. The van der Waals surface area contributed by atoms with Crippen LogP contribution in [0.25, 0.3) is 0 Å². The molecule has 4 nitrogen and oxygen atoms in total. The summed E-state index contributed by atoms with van der Waals surface area (Å²) in [5.41, 5.74) is -0.235. The van der Waals surface area contributed by atoms with E-state index in [1.54, 1.807) is 0 Å². The number of carbonyl (C=O) groups is 2. The van der Waals surface area contributed by atoms with Crippen molar-refractivity contribution in [2.45, 2.75) is 26.3 Å². The Labute approximate surface area is 116 Å². The lowest BCUT2D eigenvalue weighted by Crippen LogP contribution is -2.45. The van der Waals surface area contributed by atoms with Gasteiger partial charge in [0.2, 0.25) is 5.91 Å². The first-order chi connectivity index (χ1) is 8.69. The van der Waals surface area contributed by atoms with Gasteiger partial charge in [-0.3, -0.25) is 9.59 Å². The zero-order valence-electron chi connectivity index (χ0n) is 11.0. The maximum absolute atomic E-state index is 12.8. The highest BCUT2D eigenvalue weighted by molar-refractivity contribution is 6.33. The van der Waals surface area contributed by atoms with Gasteiger partial charge < -0.3 is 10.6 Å². The summed E-state index contributed by atoms with van der Waals surface area (Å²) in [4.78, 5) is 23.3. The highest BCUT2D eigenvalue weighted by Crippen LogP contribution is 2.16. The van der Waals surface area contributed by atoms with Crippen molar-refractivity contribution in [3.63, 3.8) is 0 Å². The molecular formula is C13H16ClFN2O2. The molecule has 0 saturated carbocycles. The van der Waals surface area contributed by atoms with Gasteiger partial charge in [0.15, 0.2) is 0 Å². The monoisotopic (exact) mass is 286 g/mol. The topological polar surface area (TPSA) is 58.2 Å². The van der Waals surface area contributed by atoms with Gasteiger partial charge in [0, 0.05) is 5.54 Å². The fraction of sp³-hybridized carbons (Fsp3) is 0.385. The maximum Gasteiger partial charge on any atom is 0.253 e. The fourth-order valence-electron chi connectivity index (χ4n) is 1.39. The summed E-state index contributed by atoms with van der Waals surface area (Å²) in [7, 11) is 0. The Bertz CT molecular complexity index is 498. The maximum atomic E-state index is 12.8. The molecule has 2 amide bonds. The van der Waals surface area contributed by atoms with E-state index >= 15 is 0 Å². The molecule has 0 aliphatic heterocycles. The number of hydrogen-bond donors (Lipinski definition) is 2. The molecule has 104 valence electrons. The SMILES string of the molecule is CC(C)(C)NC(=O)CNC(=O)c1ccc(F)cc1Cl. The van der Waals surface area contributed by atoms with Crippen LogP contribution in [0.4, 0.5) is 4.39 Å². The van der Waals surface area contributed by atoms with Crippen molar-refractivity contribution in [3.05, 3.63) is 34.6 Å². The molecular weight excluding hydrogens is 271 g/mol. The molecule has 19 heavy (non-hydrogen) atoms. The number of halogens is 2. The van der Waals surface area contributed by atoms with Crippen molar-refractivity contribution < 1.29 is 14.0 Å². The molecule has 6 heteroatoms. The van der Waals surface area contributed by atoms with Crippen LogP contribution in [-0.4, -0.2) is 23.9 Å². The first kappa shape index (κ1) is 15.4. The third kappa shape index (κ3) is 5.26. The Morgan fingerprint density at radius 3 is 2.47 bits per heavy atom. The van der Waals surface area contributed by atoms with Crippen LogP contribution in [0.5, 0.6) is 0 Å². The number of nitrogens with one attached hydrogen (secondary N) is 2. The smallest absolute Gasteiger partial charge is 0.253 e. The lowest BCUT2D eigenvalue weighted by atomic mass is 10.1. The largest absolute Gasteiger partial charge is 0.350 e. The third-order valence-electron chi connectivity index (χ3n) is 2.10. The molecule has 0 spiro atoms. The van der Waals surface area contributed by atoms with E-state index < -0.39 is 11.7 Å². The zero-order chi connectivity index (χ0) is 14.6. The summed E-state index contributed by atoms with van der Waals surface area (Å²) in [6.45, 7) is 5.35. The van der Waals surface area contributed by atoms with Crippen LogP contribution in [0, 0.1) is 5.82 Å². The van der Waals surface area contributed by atoms with E-state index in [0.29, 0.717) is 0 Å². The minimum atomic E-state index is -0.521. The van der Waals surface area contributed by atoms with Crippen molar-refractivity contribution in [1.29, 1.82) is 0 Å². The summed E-state index contributed by atoms with van der Waals surface area (Å²) >= 11 is 5.74. The Morgan fingerprint density at radius 2 is 1.95 bits per heavy atom. The van der Waals surface area contributed by atoms with Gasteiger partial charge in [-0.2, -0.15) is 0 Å². The Kier molecular flexibility index (Phi) is 4.89. The van der Waals surface area contributed by atoms with Gasteiger partial charge in [-0.25, -0.2) is 4.39 Å². The number of hydrogen-bond acceptors (Lipinski definition) is 2. The van der Waals surface area contributed by atoms with Crippen LogP contribution in [-0.2, 0) is 4.79 Å². The number of rotatable bonds is 3. The van der Waals surface area contributed by atoms with Gasteiger partial charge in [0.05, 0.1) is 17.1 Å². The molecule has 0 radical (unpaired) electrons. The van der Waals surface area contributed by atoms with Crippen molar-refractivity contribution in [2.75, 3.05) is 6.54 Å². The van der Waals surface area contributed by atoms with Crippen LogP contribution in [0.1, 0.15) is 31.1 Å². The van der Waals surface area contributed by atoms with Crippen LogP contribution in [0.15, 0.2) is 18.2 Å². The average Bonchev–Trinajstić information content (AvgIpc) is 2.23. The molecule has 0 unspecified atom stereocenters. The van der Waals surface area contributed by atoms with Crippen molar-refractivity contribution in [3.8, 4) is 0 Å². The van der Waals surface area contributed by atoms with Gasteiger partial charge >= 0.3 is 0 Å². The normalized spacial score (nSPS) is 11.0. The lowest BCUT2D eigenvalue weighted by Gasteiger charge is -2.20. The molecule has 2 N–H and O–H groups in total. The van der Waals surface area contributed by atoms with E-state index in [2.05, 4.69) is 10.6 Å². The van der Waals surface area contributed by atoms with Crippen molar-refractivity contribution >= 4 is 23.4 Å². The Morgan fingerprint density at radius 1 is 1.32 bits per heavy atom. The minimum Gasteiger partial charge on any atom is -0.350 e. The van der Waals surface area contributed by atoms with E-state index in [4.69, 9.17) is 11.6 Å². The molecule has 0 fully saturated rings. The molecule has 0 heterocycles. The molecule has 0 aromatic heterocycles. The second-order valence-corrected chi connectivity index (χ2v) is 5.51. The average molecular weight is 287 g/mol. The second-order valence-electron chi connectivity index (χ2n) is 5.11. The van der Waals surface area contributed by atoms with Gasteiger partial charge in [0.25, 0.3) is 5.91 Å². The van der Waals surface area contributed by atoms with Gasteiger partial charge in [-0.1, -0.05) is 11.6 Å². The molecule has 0 bridgehead atoms. The summed E-state index contributed by atoms with van der Waals surface area (Å²) < 4.78 is 12.8. The second kappa shape index (κ2) is 6.02. The summed E-state index contributed by atoms with van der Waals surface area (Å²) in [5.74, 6) is -1.35. The van der Waals surface area contributed by atoms with Gasteiger partial charge in [-0.15, -0.1) is 0 Å². The number of amides is 2. The van der Waals surface area contributed by atoms with Crippen LogP contribution >= 0.6 is 11.6 Å². The standard InChI is InChI=1S/C13H16ClFN2O2/c1-13(2,3)17-11(18)7-16-12(19)9-5-4-8(15)6-10(9)14/h4-6H,7H2,1-3H3,(H,16,19)(H,17,18). The number of carbonyl (C=O) groups excluding carboxylic acids is 2. The molecule has 0 aliphatic carbocycles. The highest BCUT2D eigenvalue weighted by atomic mass is 35.5. The molecule has 0 aliphatic rings. The lowest BCUT2D eigenvalue weighted by molar-refractivity contribution is -0.121. The highest BCUT2D eigenvalue weighted by Gasteiger charge is 2.16. The van der Waals surface area contributed by atoms with E-state index in [1.165, 1.54) is 6.07 Å². The first-order valence-corrected chi connectivity index (χ1v) is 6.11. The molecule has 1 aromatic carbocycles. The van der Waals surface area contributed by atoms with E-state index in [0.717, 1.165) is 12.1 Å². The zero-order valence-corrected chi connectivity index (χ0v) is 11.8. The first-order valence-electron chi connectivity index (χ1n) is 5.73. The molecule has 1 aromatic rings. The molecule has 0 saturated heterocycles. The summed E-state index contributed by atoms with van der Waals surface area (Å²) in [5, 5.41) is 5.13. The minimum absolute atomic E-state index is 0.00808. The van der Waals surface area contributed by atoms with Crippen LogP contribution in [0.3, 0.4) is 0 Å². The summed E-state index contributed by atoms with van der Waals surface area (Å²) in [6.07, 6.45) is 0. The van der Waals surface area contributed by atoms with Crippen LogP contribution < -0.4 is 10.6 Å². The van der Waals surface area contributed by atoms with Gasteiger partial charge in [-0.05, 0) is 39.0 Å². The van der Waals surface area contributed by atoms with E-state index in [1.807, 2.05) is 20.8 Å². The Hall–Kier alpha value is -1.62. The fourth-order valence-corrected chi connectivity index (χ4v) is 1.64. The van der Waals surface area contributed by atoms with Crippen molar-refractivity contribution in [1.82, 2.24) is 10.6 Å². The summed E-state index contributed by atoms with van der Waals surface area (Å²) in [6, 6.07) is 3.45. The molecule has 1 rings (SSSR count). The number of benzene rings is 1. The van der Waals surface area contributed by atoms with E-state index in [-0.39, 0.29) is 28.6 Å². The van der Waals surface area contributed by atoms with E-state index in [9.17, 15) is 14.0 Å². The molecule has 0 atom stereocenters. The van der Waals surface area contributed by atoms with Crippen molar-refractivity contribution in [2.24, 2.45) is 0 Å². The predicted octanol–water partition coefficient (Wildman–Crippen LogP) is 2.12. The quantitative estimate of drug-likeness (QED) is 0.894. The van der Waals surface area contributed by atoms with Gasteiger partial charge in [0.1, 0.15) is 5.82 Å². The van der Waals surface area contributed by atoms with Crippen LogP contribution in [0.2, 0.25) is 5.02 Å². The third-order valence-corrected chi connectivity index (χ3v) is 2.41. The Balaban J connectivity index is 2.59.